The van der Waals surface area contributed by atoms with Gasteiger partial charge in [0.25, 0.3) is 0 Å². The summed E-state index contributed by atoms with van der Waals surface area (Å²) in [6.07, 6.45) is 2.95. The molecule has 0 saturated carbocycles. The number of benzene rings is 2. The number of anilines is 1. The summed E-state index contributed by atoms with van der Waals surface area (Å²) >= 11 is 0. The highest BCUT2D eigenvalue weighted by molar-refractivity contribution is 5.92. The number of nitrogens with zero attached hydrogens (tertiary/aromatic N) is 2. The number of halogens is 2. The Morgan fingerprint density at radius 1 is 1.09 bits per heavy atom. The number of amides is 2. The van der Waals surface area contributed by atoms with Crippen LogP contribution in [0.1, 0.15) is 37.6 Å². The molecule has 1 heterocycles. The highest BCUT2D eigenvalue weighted by Gasteiger charge is 2.22. The maximum Gasteiger partial charge on any atom is 0.412 e. The number of carbonyl (C=O) groups is 2. The van der Waals surface area contributed by atoms with Crippen LogP contribution in [0.15, 0.2) is 54.7 Å². The first kappa shape index (κ1) is 24.5. The van der Waals surface area contributed by atoms with Crippen LogP contribution in [0, 0.1) is 11.6 Å². The van der Waals surface area contributed by atoms with Gasteiger partial charge in [-0.3, -0.25) is 10.1 Å². The van der Waals surface area contributed by atoms with Gasteiger partial charge in [0.1, 0.15) is 11.4 Å². The summed E-state index contributed by atoms with van der Waals surface area (Å²) in [6.45, 7) is 5.06. The summed E-state index contributed by atoms with van der Waals surface area (Å²) in [4.78, 5) is 23.4. The number of aromatic nitrogens is 2. The van der Waals surface area contributed by atoms with Crippen molar-refractivity contribution >= 4 is 23.8 Å². The van der Waals surface area contributed by atoms with Crippen LogP contribution in [-0.2, 0) is 16.0 Å². The van der Waals surface area contributed by atoms with Crippen molar-refractivity contribution in [3.8, 4) is 11.1 Å². The fourth-order valence-electron chi connectivity index (χ4n) is 3.24. The molecule has 2 amide bonds. The molecule has 2 aromatic carbocycles. The molecule has 0 aliphatic rings. The molecule has 9 heteroatoms. The lowest BCUT2D eigenvalue weighted by atomic mass is 9.92. The van der Waals surface area contributed by atoms with Crippen LogP contribution in [0.3, 0.4) is 0 Å². The lowest BCUT2D eigenvalue weighted by molar-refractivity contribution is -0.113. The molecule has 0 aliphatic heterocycles. The molecular formula is C25H24F2N4O3. The number of ether oxygens (including phenoxy) is 1. The molecule has 0 bridgehead atoms. The minimum Gasteiger partial charge on any atom is -0.444 e. The van der Waals surface area contributed by atoms with E-state index >= 15 is 4.39 Å². The summed E-state index contributed by atoms with van der Waals surface area (Å²) in [5.41, 5.74) is 5.75. The minimum absolute atomic E-state index is 0.111. The first-order valence-electron chi connectivity index (χ1n) is 10.4. The number of nitrogens with one attached hydrogen (secondary N) is 1. The van der Waals surface area contributed by atoms with Crippen molar-refractivity contribution < 1.29 is 23.1 Å². The molecule has 3 aromatic rings. The normalized spacial score (nSPS) is 11.4. The SMILES string of the molecule is CC(C)(C)OC(=O)Nc1ccc(-c2ccnnc2/C=C/C(N)=O)c(Cc2ccccc2F)c1F. The first-order valence-corrected chi connectivity index (χ1v) is 10.4. The zero-order valence-electron chi connectivity index (χ0n) is 18.9. The highest BCUT2D eigenvalue weighted by atomic mass is 19.1. The number of carbonyl (C=O) groups excluding carboxylic acids is 2. The predicted molar refractivity (Wildman–Crippen MR) is 125 cm³/mol. The lowest BCUT2D eigenvalue weighted by Gasteiger charge is -2.21. The molecule has 7 nitrogen and oxygen atoms in total. The summed E-state index contributed by atoms with van der Waals surface area (Å²) < 4.78 is 35.4. The van der Waals surface area contributed by atoms with Gasteiger partial charge in [-0.2, -0.15) is 10.2 Å². The van der Waals surface area contributed by atoms with Crippen LogP contribution in [0.25, 0.3) is 17.2 Å². The van der Waals surface area contributed by atoms with Gasteiger partial charge in [-0.05, 0) is 56.2 Å². The molecule has 34 heavy (non-hydrogen) atoms. The Morgan fingerprint density at radius 3 is 2.50 bits per heavy atom. The highest BCUT2D eigenvalue weighted by Crippen LogP contribution is 2.34. The summed E-state index contributed by atoms with van der Waals surface area (Å²) in [6, 6.07) is 10.6. The van der Waals surface area contributed by atoms with Crippen molar-refractivity contribution in [1.29, 1.82) is 0 Å². The molecule has 0 radical (unpaired) electrons. The van der Waals surface area contributed by atoms with Gasteiger partial charge in [0, 0.05) is 23.6 Å². The van der Waals surface area contributed by atoms with Gasteiger partial charge in [-0.25, -0.2) is 13.6 Å². The monoisotopic (exact) mass is 466 g/mol. The van der Waals surface area contributed by atoms with E-state index in [1.807, 2.05) is 0 Å². The van der Waals surface area contributed by atoms with Crippen LogP contribution in [0.4, 0.5) is 19.3 Å². The fraction of sp³-hybridized carbons (Fsp3) is 0.200. The van der Waals surface area contributed by atoms with E-state index in [1.54, 1.807) is 45.0 Å². The third-order valence-corrected chi connectivity index (χ3v) is 4.65. The molecule has 176 valence electrons. The Kier molecular flexibility index (Phi) is 7.35. The third-order valence-electron chi connectivity index (χ3n) is 4.65. The molecule has 0 fully saturated rings. The van der Waals surface area contributed by atoms with Crippen molar-refractivity contribution in [2.24, 2.45) is 5.73 Å². The Hall–Kier alpha value is -4.14. The smallest absolute Gasteiger partial charge is 0.412 e. The summed E-state index contributed by atoms with van der Waals surface area (Å²) in [5, 5.41) is 10.2. The van der Waals surface area contributed by atoms with Gasteiger partial charge < -0.3 is 10.5 Å². The zero-order valence-corrected chi connectivity index (χ0v) is 18.9. The van der Waals surface area contributed by atoms with Crippen molar-refractivity contribution in [3.05, 3.63) is 83.2 Å². The van der Waals surface area contributed by atoms with Gasteiger partial charge in [0.2, 0.25) is 5.91 Å². The average molecular weight is 466 g/mol. The Morgan fingerprint density at radius 2 is 1.82 bits per heavy atom. The second-order valence-electron chi connectivity index (χ2n) is 8.41. The van der Waals surface area contributed by atoms with Crippen LogP contribution in [0.2, 0.25) is 0 Å². The van der Waals surface area contributed by atoms with E-state index in [-0.39, 0.29) is 28.9 Å². The fourth-order valence-corrected chi connectivity index (χ4v) is 3.24. The van der Waals surface area contributed by atoms with Crippen molar-refractivity contribution in [2.75, 3.05) is 5.32 Å². The second-order valence-corrected chi connectivity index (χ2v) is 8.41. The number of nitrogens with two attached hydrogens (primary N) is 1. The van der Waals surface area contributed by atoms with Crippen molar-refractivity contribution in [1.82, 2.24) is 10.2 Å². The molecule has 3 rings (SSSR count). The van der Waals surface area contributed by atoms with E-state index in [9.17, 15) is 14.0 Å². The third kappa shape index (κ3) is 6.22. The standard InChI is InChI=1S/C25H24F2N4O3/c1-25(2,3)34-24(33)30-21-9-8-16(17-12-13-29-31-20(17)10-11-22(28)32)18(23(21)27)14-15-6-4-5-7-19(15)26/h4-13H,14H2,1-3H3,(H2,28,32)(H,30,33)/b11-10+. The Labute approximate surface area is 195 Å². The van der Waals surface area contributed by atoms with Crippen LogP contribution < -0.4 is 11.1 Å². The number of hydrogen-bond donors (Lipinski definition) is 2. The topological polar surface area (TPSA) is 107 Å². The van der Waals surface area contributed by atoms with Crippen molar-refractivity contribution in [3.63, 3.8) is 0 Å². The number of primary amides is 1. The maximum absolute atomic E-state index is 15.8. The summed E-state index contributed by atoms with van der Waals surface area (Å²) in [7, 11) is 0. The van der Waals surface area contributed by atoms with Gasteiger partial charge in [0.05, 0.1) is 17.6 Å². The molecule has 0 spiro atoms. The van der Waals surface area contributed by atoms with Crippen LogP contribution in [-0.4, -0.2) is 27.8 Å². The van der Waals surface area contributed by atoms with E-state index in [1.165, 1.54) is 30.5 Å². The minimum atomic E-state index is -0.827. The summed E-state index contributed by atoms with van der Waals surface area (Å²) in [5.74, 6) is -1.94. The quantitative estimate of drug-likeness (QED) is 0.505. The number of hydrogen-bond acceptors (Lipinski definition) is 5. The Bertz CT molecular complexity index is 1250. The van der Waals surface area contributed by atoms with Gasteiger partial charge in [-0.15, -0.1) is 0 Å². The molecule has 0 saturated heterocycles. The van der Waals surface area contributed by atoms with E-state index in [0.717, 1.165) is 6.08 Å². The first-order chi connectivity index (χ1) is 16.0. The largest absolute Gasteiger partial charge is 0.444 e. The van der Waals surface area contributed by atoms with E-state index in [4.69, 9.17) is 10.5 Å². The molecule has 3 N–H and O–H groups in total. The molecule has 0 atom stereocenters. The molecule has 0 unspecified atom stereocenters. The Balaban J connectivity index is 2.13. The average Bonchev–Trinajstić information content (AvgIpc) is 2.75. The molecule has 0 aliphatic carbocycles. The van der Waals surface area contributed by atoms with Crippen LogP contribution >= 0.6 is 0 Å². The molecule has 1 aromatic heterocycles. The molecular weight excluding hydrogens is 442 g/mol. The van der Waals surface area contributed by atoms with Gasteiger partial charge in [-0.1, -0.05) is 24.3 Å². The van der Waals surface area contributed by atoms with Gasteiger partial charge in [0.15, 0.2) is 5.82 Å². The van der Waals surface area contributed by atoms with Gasteiger partial charge >= 0.3 is 6.09 Å². The zero-order chi connectivity index (χ0) is 24.9. The maximum atomic E-state index is 15.8. The van der Waals surface area contributed by atoms with E-state index < -0.39 is 29.2 Å². The predicted octanol–water partition coefficient (Wildman–Crippen LogP) is 4.86. The number of rotatable bonds is 6. The van der Waals surface area contributed by atoms with Crippen LogP contribution in [0.5, 0.6) is 0 Å². The van der Waals surface area contributed by atoms with Crippen molar-refractivity contribution in [2.45, 2.75) is 32.8 Å². The lowest BCUT2D eigenvalue weighted by Crippen LogP contribution is -2.27. The van der Waals surface area contributed by atoms with E-state index in [2.05, 4.69) is 15.5 Å². The second kappa shape index (κ2) is 10.2. The van der Waals surface area contributed by atoms with E-state index in [0.29, 0.717) is 11.1 Å².